The molecular weight excluding hydrogens is 286 g/mol. The largest absolute Gasteiger partial charge is 0.457 e. The third-order valence-corrected chi connectivity index (χ3v) is 4.36. The number of para-hydroxylation sites is 1. The molecule has 4 heteroatoms. The van der Waals surface area contributed by atoms with Crippen molar-refractivity contribution in [3.63, 3.8) is 0 Å². The van der Waals surface area contributed by atoms with Crippen LogP contribution in [0, 0.1) is 11.5 Å². The summed E-state index contributed by atoms with van der Waals surface area (Å²) in [7, 11) is 0. The Morgan fingerprint density at radius 1 is 0.870 bits per heavy atom. The summed E-state index contributed by atoms with van der Waals surface area (Å²) in [6.07, 6.45) is 8.79. The van der Waals surface area contributed by atoms with Crippen LogP contribution in [0.2, 0.25) is 0 Å². The maximum atomic E-state index is 9.47. The second-order valence-electron chi connectivity index (χ2n) is 5.80. The molecule has 0 aromatic heterocycles. The highest BCUT2D eigenvalue weighted by molar-refractivity contribution is 5.52. The van der Waals surface area contributed by atoms with Gasteiger partial charge in [0.25, 0.3) is 0 Å². The summed E-state index contributed by atoms with van der Waals surface area (Å²) in [4.78, 5) is 0. The Hall–Kier alpha value is -2.93. The van der Waals surface area contributed by atoms with Crippen LogP contribution in [0.15, 0.2) is 66.7 Å². The molecule has 2 aliphatic heterocycles. The lowest BCUT2D eigenvalue weighted by Gasteiger charge is -2.48. The number of benzene rings is 2. The van der Waals surface area contributed by atoms with Gasteiger partial charge in [-0.2, -0.15) is 5.26 Å². The van der Waals surface area contributed by atoms with Crippen molar-refractivity contribution in [2.75, 3.05) is 5.01 Å². The van der Waals surface area contributed by atoms with Crippen molar-refractivity contribution in [1.82, 2.24) is 5.01 Å². The van der Waals surface area contributed by atoms with Gasteiger partial charge in [0, 0.05) is 0 Å². The summed E-state index contributed by atoms with van der Waals surface area (Å²) in [6.45, 7) is 0. The fourth-order valence-corrected chi connectivity index (χ4v) is 3.25. The number of nitrogens with zero attached hydrogens (tertiary/aromatic N) is 3. The first-order chi connectivity index (χ1) is 11.3. The molecule has 2 heterocycles. The van der Waals surface area contributed by atoms with Crippen LogP contribution in [0.3, 0.4) is 0 Å². The molecule has 1 saturated heterocycles. The van der Waals surface area contributed by atoms with E-state index in [1.807, 2.05) is 54.6 Å². The summed E-state index contributed by atoms with van der Waals surface area (Å²) >= 11 is 0. The lowest BCUT2D eigenvalue weighted by molar-refractivity contribution is 0.207. The molecule has 3 aliphatic rings. The van der Waals surface area contributed by atoms with Gasteiger partial charge in [-0.3, -0.25) is 5.01 Å². The monoisotopic (exact) mass is 303 g/mol. The zero-order valence-corrected chi connectivity index (χ0v) is 12.7. The van der Waals surface area contributed by atoms with Gasteiger partial charge in [0.05, 0.1) is 17.8 Å². The van der Waals surface area contributed by atoms with Crippen LogP contribution in [-0.2, 0) is 0 Å². The minimum absolute atomic E-state index is 0.185. The van der Waals surface area contributed by atoms with Crippen molar-refractivity contribution in [3.8, 4) is 17.7 Å². The molecule has 0 amide bonds. The minimum Gasteiger partial charge on any atom is -0.457 e. The fourth-order valence-electron chi connectivity index (χ4n) is 3.25. The highest BCUT2D eigenvalue weighted by atomic mass is 16.5. The third kappa shape index (κ3) is 2.51. The molecule has 2 bridgehead atoms. The Morgan fingerprint density at radius 3 is 2.17 bits per heavy atom. The predicted octanol–water partition coefficient (Wildman–Crippen LogP) is 4.08. The molecular formula is C19H17N3O. The van der Waals surface area contributed by atoms with Crippen molar-refractivity contribution < 1.29 is 4.74 Å². The van der Waals surface area contributed by atoms with Crippen molar-refractivity contribution >= 4 is 5.69 Å². The van der Waals surface area contributed by atoms with Gasteiger partial charge < -0.3 is 4.74 Å². The van der Waals surface area contributed by atoms with Gasteiger partial charge in [0.1, 0.15) is 11.5 Å². The number of fused-ring (bicyclic) bond motifs is 2. The van der Waals surface area contributed by atoms with Crippen LogP contribution in [0.25, 0.3) is 0 Å². The maximum Gasteiger partial charge on any atom is 0.200 e. The molecule has 2 aromatic carbocycles. The van der Waals surface area contributed by atoms with Gasteiger partial charge in [-0.25, -0.2) is 5.01 Å². The number of anilines is 1. The Labute approximate surface area is 135 Å². The van der Waals surface area contributed by atoms with Crippen LogP contribution >= 0.6 is 0 Å². The predicted molar refractivity (Wildman–Crippen MR) is 88.8 cm³/mol. The summed E-state index contributed by atoms with van der Waals surface area (Å²) in [5.74, 6) is 1.61. The van der Waals surface area contributed by atoms with Gasteiger partial charge in [-0.15, -0.1) is 0 Å². The van der Waals surface area contributed by atoms with Gasteiger partial charge in [-0.05, 0) is 49.2 Å². The second kappa shape index (κ2) is 5.69. The average Bonchev–Trinajstić information content (AvgIpc) is 2.63. The van der Waals surface area contributed by atoms with Crippen molar-refractivity contribution in [2.45, 2.75) is 24.9 Å². The van der Waals surface area contributed by atoms with E-state index in [4.69, 9.17) is 4.74 Å². The van der Waals surface area contributed by atoms with E-state index in [1.165, 1.54) is 0 Å². The summed E-state index contributed by atoms with van der Waals surface area (Å²) in [5.41, 5.74) is 1.02. The van der Waals surface area contributed by atoms with Gasteiger partial charge >= 0.3 is 0 Å². The number of rotatable bonds is 3. The number of nitriles is 1. The first-order valence-electron chi connectivity index (χ1n) is 7.84. The SMILES string of the molecule is N#CN1C2C=CC(CC2)N1c1ccc(Oc2ccccc2)cc1. The quantitative estimate of drug-likeness (QED) is 0.632. The van der Waals surface area contributed by atoms with Crippen LogP contribution in [0.1, 0.15) is 12.8 Å². The zero-order chi connectivity index (χ0) is 15.6. The van der Waals surface area contributed by atoms with Gasteiger partial charge in [-0.1, -0.05) is 30.4 Å². The second-order valence-corrected chi connectivity index (χ2v) is 5.80. The minimum atomic E-state index is 0.185. The lowest BCUT2D eigenvalue weighted by Crippen LogP contribution is -2.57. The molecule has 114 valence electrons. The molecule has 23 heavy (non-hydrogen) atoms. The van der Waals surface area contributed by atoms with Crippen molar-refractivity contribution in [1.29, 1.82) is 5.26 Å². The average molecular weight is 303 g/mol. The highest BCUT2D eigenvalue weighted by Gasteiger charge is 2.36. The molecule has 2 unspecified atom stereocenters. The third-order valence-electron chi connectivity index (χ3n) is 4.36. The van der Waals surface area contributed by atoms with Gasteiger partial charge in [0.15, 0.2) is 0 Å². The lowest BCUT2D eigenvalue weighted by atomic mass is 9.94. The Bertz CT molecular complexity index is 748. The molecule has 0 saturated carbocycles. The van der Waals surface area contributed by atoms with E-state index in [0.29, 0.717) is 0 Å². The Balaban J connectivity index is 1.56. The molecule has 1 aliphatic carbocycles. The van der Waals surface area contributed by atoms with E-state index in [1.54, 1.807) is 5.01 Å². The summed E-state index contributed by atoms with van der Waals surface area (Å²) < 4.78 is 5.82. The molecule has 2 aromatic rings. The van der Waals surface area contributed by atoms with Crippen molar-refractivity contribution in [3.05, 3.63) is 66.7 Å². The number of ether oxygens (including phenoxy) is 1. The summed E-state index contributed by atoms with van der Waals surface area (Å²) in [5, 5.41) is 13.3. The summed E-state index contributed by atoms with van der Waals surface area (Å²) in [6, 6.07) is 18.1. The maximum absolute atomic E-state index is 9.47. The van der Waals surface area contributed by atoms with E-state index in [-0.39, 0.29) is 12.1 Å². The molecule has 1 fully saturated rings. The molecule has 4 nitrogen and oxygen atoms in total. The van der Waals surface area contributed by atoms with Crippen molar-refractivity contribution in [2.24, 2.45) is 0 Å². The van der Waals surface area contributed by atoms with E-state index >= 15 is 0 Å². The van der Waals surface area contributed by atoms with Crippen LogP contribution in [0.5, 0.6) is 11.5 Å². The molecule has 0 N–H and O–H groups in total. The first-order valence-corrected chi connectivity index (χ1v) is 7.84. The fraction of sp³-hybridized carbons (Fsp3) is 0.211. The molecule has 0 radical (unpaired) electrons. The van der Waals surface area contributed by atoms with E-state index in [2.05, 4.69) is 23.4 Å². The molecule has 2 atom stereocenters. The topological polar surface area (TPSA) is 39.5 Å². The van der Waals surface area contributed by atoms with Crippen LogP contribution < -0.4 is 9.75 Å². The number of hydrogen-bond donors (Lipinski definition) is 0. The zero-order valence-electron chi connectivity index (χ0n) is 12.7. The van der Waals surface area contributed by atoms with E-state index < -0.39 is 0 Å². The smallest absolute Gasteiger partial charge is 0.200 e. The normalized spacial score (nSPS) is 22.0. The van der Waals surface area contributed by atoms with Crippen LogP contribution in [0.4, 0.5) is 5.69 Å². The standard InChI is InChI=1S/C19H17N3O/c20-14-21-15-6-8-16(9-7-15)22(21)17-10-12-19(13-11-17)23-18-4-2-1-3-5-18/h1-6,8,10-13,15-16H,7,9H2. The molecule has 5 rings (SSSR count). The highest BCUT2D eigenvalue weighted by Crippen LogP contribution is 2.35. The number of hydrazine groups is 1. The van der Waals surface area contributed by atoms with E-state index in [0.717, 1.165) is 30.0 Å². The van der Waals surface area contributed by atoms with E-state index in [9.17, 15) is 5.26 Å². The Kier molecular flexibility index (Phi) is 3.39. The van der Waals surface area contributed by atoms with Crippen LogP contribution in [-0.4, -0.2) is 17.1 Å². The number of hydrogen-bond acceptors (Lipinski definition) is 4. The molecule has 0 spiro atoms. The Morgan fingerprint density at radius 2 is 1.52 bits per heavy atom. The first kappa shape index (κ1) is 13.7. The van der Waals surface area contributed by atoms with Gasteiger partial charge in [0.2, 0.25) is 6.19 Å².